The van der Waals surface area contributed by atoms with Gasteiger partial charge in [-0.25, -0.2) is 0 Å². The van der Waals surface area contributed by atoms with Gasteiger partial charge >= 0.3 is 0 Å². The number of hydrogen-bond donors (Lipinski definition) is 1. The maximum Gasteiger partial charge on any atom is 0.0835 e. The van der Waals surface area contributed by atoms with Gasteiger partial charge in [-0.3, -0.25) is 4.68 Å². The highest BCUT2D eigenvalue weighted by molar-refractivity contribution is 9.09. The number of aromatic nitrogens is 3. The van der Waals surface area contributed by atoms with Crippen molar-refractivity contribution in [3.05, 3.63) is 11.9 Å². The van der Waals surface area contributed by atoms with Gasteiger partial charge in [-0.1, -0.05) is 27.6 Å². The van der Waals surface area contributed by atoms with E-state index >= 15 is 0 Å². The molecule has 0 bridgehead atoms. The molecule has 16 heavy (non-hydrogen) atoms. The smallest absolute Gasteiger partial charge is 0.0835 e. The second kappa shape index (κ2) is 6.35. The normalized spacial score (nSPS) is 21.9. The Kier molecular flexibility index (Phi) is 4.78. The molecule has 90 valence electrons. The Morgan fingerprint density at radius 1 is 1.50 bits per heavy atom. The van der Waals surface area contributed by atoms with E-state index in [4.69, 9.17) is 0 Å². The molecule has 1 unspecified atom stereocenters. The van der Waals surface area contributed by atoms with Crippen LogP contribution in [0.25, 0.3) is 0 Å². The number of nitrogens with one attached hydrogen (secondary N) is 1. The van der Waals surface area contributed by atoms with E-state index < -0.39 is 0 Å². The lowest BCUT2D eigenvalue weighted by molar-refractivity contribution is 0.386. The number of halogens is 1. The molecule has 0 amide bonds. The minimum absolute atomic E-state index is 0.709. The molecule has 1 aliphatic rings. The molecule has 1 N–H and O–H groups in total. The van der Waals surface area contributed by atoms with Crippen molar-refractivity contribution in [3.63, 3.8) is 0 Å². The fourth-order valence-corrected chi connectivity index (χ4v) is 2.56. The van der Waals surface area contributed by atoms with Crippen LogP contribution in [0.5, 0.6) is 0 Å². The van der Waals surface area contributed by atoms with Crippen molar-refractivity contribution in [2.24, 2.45) is 5.92 Å². The van der Waals surface area contributed by atoms with Crippen molar-refractivity contribution < 1.29 is 0 Å². The molecule has 1 fully saturated rings. The van der Waals surface area contributed by atoms with Crippen LogP contribution in [0.3, 0.4) is 0 Å². The van der Waals surface area contributed by atoms with Gasteiger partial charge in [0.15, 0.2) is 0 Å². The highest BCUT2D eigenvalue weighted by Gasteiger charge is 2.13. The average molecular weight is 287 g/mol. The standard InChI is InChI=1S/C11H19BrN4/c12-5-4-11-9-16(15-14-11)8-10-3-1-2-6-13-7-10/h9-10,13H,1-8H2. The molecule has 0 saturated carbocycles. The third-order valence-electron chi connectivity index (χ3n) is 3.03. The molecule has 2 heterocycles. The molecule has 5 heteroatoms. The topological polar surface area (TPSA) is 42.7 Å². The molecule has 1 aromatic heterocycles. The van der Waals surface area contributed by atoms with E-state index in [1.165, 1.54) is 25.8 Å². The summed E-state index contributed by atoms with van der Waals surface area (Å²) in [6.45, 7) is 3.29. The van der Waals surface area contributed by atoms with Crippen LogP contribution in [0.4, 0.5) is 0 Å². The number of rotatable bonds is 4. The monoisotopic (exact) mass is 286 g/mol. The number of aryl methyl sites for hydroxylation is 1. The second-order valence-electron chi connectivity index (χ2n) is 4.44. The minimum Gasteiger partial charge on any atom is -0.316 e. The number of alkyl halides is 1. The zero-order chi connectivity index (χ0) is 11.2. The van der Waals surface area contributed by atoms with Gasteiger partial charge in [0.25, 0.3) is 0 Å². The summed E-state index contributed by atoms with van der Waals surface area (Å²) in [5.41, 5.74) is 1.08. The third-order valence-corrected chi connectivity index (χ3v) is 3.43. The summed E-state index contributed by atoms with van der Waals surface area (Å²) in [4.78, 5) is 0. The summed E-state index contributed by atoms with van der Waals surface area (Å²) >= 11 is 3.42. The van der Waals surface area contributed by atoms with E-state index in [-0.39, 0.29) is 0 Å². The van der Waals surface area contributed by atoms with E-state index in [1.807, 2.05) is 4.68 Å². The van der Waals surface area contributed by atoms with Gasteiger partial charge in [0.1, 0.15) is 0 Å². The number of hydrogen-bond acceptors (Lipinski definition) is 3. The van der Waals surface area contributed by atoms with Crippen LogP contribution in [0.1, 0.15) is 25.0 Å². The van der Waals surface area contributed by atoms with Crippen molar-refractivity contribution >= 4 is 15.9 Å². The Morgan fingerprint density at radius 2 is 2.44 bits per heavy atom. The predicted molar refractivity (Wildman–Crippen MR) is 67.7 cm³/mol. The summed E-state index contributed by atoms with van der Waals surface area (Å²) in [5, 5.41) is 12.8. The van der Waals surface area contributed by atoms with Crippen molar-refractivity contribution in [3.8, 4) is 0 Å². The van der Waals surface area contributed by atoms with E-state index in [1.54, 1.807) is 0 Å². The van der Waals surface area contributed by atoms with Crippen LogP contribution in [0.15, 0.2) is 6.20 Å². The molecule has 0 radical (unpaired) electrons. The van der Waals surface area contributed by atoms with Crippen LogP contribution in [-0.2, 0) is 13.0 Å². The fraction of sp³-hybridized carbons (Fsp3) is 0.818. The molecule has 1 saturated heterocycles. The van der Waals surface area contributed by atoms with Gasteiger partial charge in [-0.15, -0.1) is 5.10 Å². The Bertz CT molecular complexity index is 305. The second-order valence-corrected chi connectivity index (χ2v) is 5.23. The predicted octanol–water partition coefficient (Wildman–Crippen LogP) is 1.61. The fourth-order valence-electron chi connectivity index (χ4n) is 2.15. The highest BCUT2D eigenvalue weighted by atomic mass is 79.9. The van der Waals surface area contributed by atoms with Gasteiger partial charge in [-0.05, 0) is 31.8 Å². The quantitative estimate of drug-likeness (QED) is 0.855. The number of nitrogens with zero attached hydrogens (tertiary/aromatic N) is 3. The highest BCUT2D eigenvalue weighted by Crippen LogP contribution is 2.13. The Labute approximate surface area is 105 Å². The maximum atomic E-state index is 4.18. The first-order valence-corrected chi connectivity index (χ1v) is 7.16. The average Bonchev–Trinajstić information content (AvgIpc) is 2.56. The molecule has 4 nitrogen and oxygen atoms in total. The molecule has 0 aromatic carbocycles. The molecule has 1 aliphatic heterocycles. The summed E-state index contributed by atoms with van der Waals surface area (Å²) in [6, 6.07) is 0. The zero-order valence-corrected chi connectivity index (χ0v) is 11.1. The minimum atomic E-state index is 0.709. The molecule has 0 aliphatic carbocycles. The summed E-state index contributed by atoms with van der Waals surface area (Å²) < 4.78 is 2.00. The SMILES string of the molecule is BrCCc1cn(CC2CCCCNC2)nn1. The van der Waals surface area contributed by atoms with Crippen molar-refractivity contribution in [1.82, 2.24) is 20.3 Å². The van der Waals surface area contributed by atoms with Gasteiger partial charge < -0.3 is 5.32 Å². The van der Waals surface area contributed by atoms with Crippen LogP contribution in [0.2, 0.25) is 0 Å². The zero-order valence-electron chi connectivity index (χ0n) is 9.53. The Balaban J connectivity index is 1.86. The van der Waals surface area contributed by atoms with Gasteiger partial charge in [0.2, 0.25) is 0 Å². The lowest BCUT2D eigenvalue weighted by Crippen LogP contribution is -2.24. The first kappa shape index (κ1) is 12.0. The van der Waals surface area contributed by atoms with Gasteiger partial charge in [0.05, 0.1) is 5.69 Å². The third kappa shape index (κ3) is 3.56. The molecular weight excluding hydrogens is 268 g/mol. The van der Waals surface area contributed by atoms with Crippen LogP contribution in [-0.4, -0.2) is 33.4 Å². The van der Waals surface area contributed by atoms with E-state index in [9.17, 15) is 0 Å². The molecule has 2 rings (SSSR count). The first-order valence-electron chi connectivity index (χ1n) is 6.04. The largest absolute Gasteiger partial charge is 0.316 e. The van der Waals surface area contributed by atoms with Crippen LogP contribution < -0.4 is 5.32 Å². The molecule has 1 aromatic rings. The first-order chi connectivity index (χ1) is 7.88. The lowest BCUT2D eigenvalue weighted by atomic mass is 10.0. The van der Waals surface area contributed by atoms with Crippen molar-refractivity contribution in [2.75, 3.05) is 18.4 Å². The Morgan fingerprint density at radius 3 is 3.31 bits per heavy atom. The van der Waals surface area contributed by atoms with Gasteiger partial charge in [-0.2, -0.15) is 0 Å². The summed E-state index contributed by atoms with van der Waals surface area (Å²) in [6.07, 6.45) is 6.99. The maximum absolute atomic E-state index is 4.18. The molecular formula is C11H19BrN4. The van der Waals surface area contributed by atoms with E-state index in [0.29, 0.717) is 5.92 Å². The van der Waals surface area contributed by atoms with Gasteiger partial charge in [0, 0.05) is 24.5 Å². The van der Waals surface area contributed by atoms with Crippen LogP contribution in [0, 0.1) is 5.92 Å². The van der Waals surface area contributed by atoms with E-state index in [2.05, 4.69) is 37.8 Å². The van der Waals surface area contributed by atoms with Crippen LogP contribution >= 0.6 is 15.9 Å². The lowest BCUT2D eigenvalue weighted by Gasteiger charge is -2.13. The van der Waals surface area contributed by atoms with Crippen molar-refractivity contribution in [1.29, 1.82) is 0 Å². The van der Waals surface area contributed by atoms with Crippen molar-refractivity contribution in [2.45, 2.75) is 32.2 Å². The Hall–Kier alpha value is -0.420. The summed E-state index contributed by atoms with van der Waals surface area (Å²) in [5.74, 6) is 0.709. The molecule has 0 spiro atoms. The summed E-state index contributed by atoms with van der Waals surface area (Å²) in [7, 11) is 0. The molecule has 1 atom stereocenters. The van der Waals surface area contributed by atoms with E-state index in [0.717, 1.165) is 30.5 Å².